The normalized spacial score (nSPS) is 19.6. The van der Waals surface area contributed by atoms with E-state index in [0.29, 0.717) is 23.9 Å². The summed E-state index contributed by atoms with van der Waals surface area (Å²) in [5.74, 6) is 0.0484. The van der Waals surface area contributed by atoms with Crippen LogP contribution >= 0.6 is 0 Å². The summed E-state index contributed by atoms with van der Waals surface area (Å²) in [7, 11) is -3.27. The lowest BCUT2D eigenvalue weighted by molar-refractivity contribution is 0.110. The number of sulfone groups is 1. The summed E-state index contributed by atoms with van der Waals surface area (Å²) in [6, 6.07) is 9.10. The molecule has 0 aromatic heterocycles. The number of nitrogens with zero attached hydrogens (tertiary/aromatic N) is 2. The first-order valence-electron chi connectivity index (χ1n) is 9.61. The molecule has 2 aliphatic rings. The van der Waals surface area contributed by atoms with Gasteiger partial charge >= 0.3 is 6.03 Å². The Bertz CT molecular complexity index is 679. The molecule has 144 valence electrons. The van der Waals surface area contributed by atoms with E-state index in [1.165, 1.54) is 25.7 Å². The van der Waals surface area contributed by atoms with Gasteiger partial charge in [0.05, 0.1) is 10.6 Å². The molecule has 1 heterocycles. The third-order valence-corrected chi connectivity index (χ3v) is 7.23. The maximum absolute atomic E-state index is 12.3. The third-order valence-electron chi connectivity index (χ3n) is 5.41. The van der Waals surface area contributed by atoms with E-state index in [2.05, 4.69) is 10.2 Å². The fourth-order valence-electron chi connectivity index (χ4n) is 3.87. The standard InChI is InChI=1S/C19H29N3O3S/c23-19(22-14-12-21(13-15-22)17-7-4-5-8-17)20-11-6-16-26(24,25)18-9-2-1-3-10-18/h1-3,9-10,17H,4-8,11-16H2,(H,20,23). The minimum absolute atomic E-state index is 0.0484. The summed E-state index contributed by atoms with van der Waals surface area (Å²) in [6.45, 7) is 3.78. The fourth-order valence-corrected chi connectivity index (χ4v) is 5.21. The Kier molecular flexibility index (Phi) is 6.53. The molecule has 6 nitrogen and oxygen atoms in total. The van der Waals surface area contributed by atoms with Crippen LogP contribution in [0.25, 0.3) is 0 Å². The largest absolute Gasteiger partial charge is 0.338 e. The van der Waals surface area contributed by atoms with Gasteiger partial charge in [0.2, 0.25) is 0 Å². The highest BCUT2D eigenvalue weighted by Crippen LogP contribution is 2.24. The minimum Gasteiger partial charge on any atom is -0.338 e. The van der Waals surface area contributed by atoms with Crippen molar-refractivity contribution in [1.82, 2.24) is 15.1 Å². The number of piperazine rings is 1. The summed E-state index contributed by atoms with van der Waals surface area (Å²) in [6.07, 6.45) is 5.67. The molecule has 1 aliphatic heterocycles. The Morgan fingerprint density at radius 2 is 1.69 bits per heavy atom. The third kappa shape index (κ3) is 4.98. The maximum atomic E-state index is 12.3. The summed E-state index contributed by atoms with van der Waals surface area (Å²) in [5.41, 5.74) is 0. The number of hydrogen-bond donors (Lipinski definition) is 1. The molecule has 1 aromatic carbocycles. The maximum Gasteiger partial charge on any atom is 0.317 e. The van der Waals surface area contributed by atoms with E-state index < -0.39 is 9.84 Å². The van der Waals surface area contributed by atoms with Gasteiger partial charge in [0.1, 0.15) is 0 Å². The van der Waals surface area contributed by atoms with Crippen molar-refractivity contribution >= 4 is 15.9 Å². The lowest BCUT2D eigenvalue weighted by atomic mass is 10.2. The van der Waals surface area contributed by atoms with E-state index in [1.807, 2.05) is 4.90 Å². The molecule has 0 bridgehead atoms. The zero-order valence-electron chi connectivity index (χ0n) is 15.3. The molecule has 1 saturated heterocycles. The van der Waals surface area contributed by atoms with Crippen LogP contribution < -0.4 is 5.32 Å². The molecule has 1 aromatic rings. The highest BCUT2D eigenvalue weighted by molar-refractivity contribution is 7.91. The van der Waals surface area contributed by atoms with Crippen LogP contribution in [0.2, 0.25) is 0 Å². The Hall–Kier alpha value is -1.60. The van der Waals surface area contributed by atoms with Crippen molar-refractivity contribution < 1.29 is 13.2 Å². The number of urea groups is 1. The average Bonchev–Trinajstić information content (AvgIpc) is 3.21. The fraction of sp³-hybridized carbons (Fsp3) is 0.632. The summed E-state index contributed by atoms with van der Waals surface area (Å²) in [4.78, 5) is 17.0. The van der Waals surface area contributed by atoms with Crippen LogP contribution in [-0.4, -0.2) is 68.8 Å². The van der Waals surface area contributed by atoms with Crippen molar-refractivity contribution in [3.63, 3.8) is 0 Å². The number of nitrogens with one attached hydrogen (secondary N) is 1. The highest BCUT2D eigenvalue weighted by Gasteiger charge is 2.27. The van der Waals surface area contributed by atoms with Gasteiger partial charge in [-0.3, -0.25) is 4.90 Å². The van der Waals surface area contributed by atoms with Crippen molar-refractivity contribution in [2.24, 2.45) is 0 Å². The first-order chi connectivity index (χ1) is 12.6. The second-order valence-electron chi connectivity index (χ2n) is 7.18. The van der Waals surface area contributed by atoms with Crippen molar-refractivity contribution in [2.45, 2.75) is 43.0 Å². The van der Waals surface area contributed by atoms with Gasteiger partial charge < -0.3 is 10.2 Å². The van der Waals surface area contributed by atoms with Gasteiger partial charge in [-0.05, 0) is 31.4 Å². The SMILES string of the molecule is O=C(NCCCS(=O)(=O)c1ccccc1)N1CCN(C2CCCC2)CC1. The van der Waals surface area contributed by atoms with Crippen LogP contribution in [-0.2, 0) is 9.84 Å². The van der Waals surface area contributed by atoms with E-state index in [4.69, 9.17) is 0 Å². The first kappa shape index (κ1) is 19.2. The highest BCUT2D eigenvalue weighted by atomic mass is 32.2. The Labute approximate surface area is 156 Å². The number of benzene rings is 1. The van der Waals surface area contributed by atoms with E-state index in [0.717, 1.165) is 26.2 Å². The van der Waals surface area contributed by atoms with Crippen LogP contribution in [0.3, 0.4) is 0 Å². The monoisotopic (exact) mass is 379 g/mol. The minimum atomic E-state index is -3.27. The quantitative estimate of drug-likeness (QED) is 0.769. The average molecular weight is 380 g/mol. The lowest BCUT2D eigenvalue weighted by Gasteiger charge is -2.38. The predicted molar refractivity (Wildman–Crippen MR) is 102 cm³/mol. The second-order valence-corrected chi connectivity index (χ2v) is 9.29. The van der Waals surface area contributed by atoms with Crippen LogP contribution in [0, 0.1) is 0 Å². The van der Waals surface area contributed by atoms with Crippen molar-refractivity contribution in [1.29, 1.82) is 0 Å². The molecule has 2 fully saturated rings. The van der Waals surface area contributed by atoms with Gasteiger partial charge in [0, 0.05) is 38.8 Å². The molecular weight excluding hydrogens is 350 g/mol. The van der Waals surface area contributed by atoms with Crippen LogP contribution in [0.1, 0.15) is 32.1 Å². The zero-order chi connectivity index (χ0) is 18.4. The van der Waals surface area contributed by atoms with E-state index in [1.54, 1.807) is 30.3 Å². The molecule has 0 radical (unpaired) electrons. The number of amides is 2. The smallest absolute Gasteiger partial charge is 0.317 e. The molecule has 1 aliphatic carbocycles. The summed E-state index contributed by atoms with van der Waals surface area (Å²) in [5, 5.41) is 2.86. The van der Waals surface area contributed by atoms with Crippen LogP contribution in [0.15, 0.2) is 35.2 Å². The molecule has 1 saturated carbocycles. The molecule has 0 spiro atoms. The Balaban J connectivity index is 1.36. The number of rotatable bonds is 6. The van der Waals surface area contributed by atoms with E-state index in [-0.39, 0.29) is 11.8 Å². The lowest BCUT2D eigenvalue weighted by Crippen LogP contribution is -2.53. The summed E-state index contributed by atoms with van der Waals surface area (Å²) >= 11 is 0. The van der Waals surface area contributed by atoms with Crippen LogP contribution in [0.4, 0.5) is 4.79 Å². The van der Waals surface area contributed by atoms with Gasteiger partial charge in [0.25, 0.3) is 0 Å². The first-order valence-corrected chi connectivity index (χ1v) is 11.3. The van der Waals surface area contributed by atoms with E-state index in [9.17, 15) is 13.2 Å². The predicted octanol–water partition coefficient (Wildman–Crippen LogP) is 2.12. The topological polar surface area (TPSA) is 69.7 Å². The van der Waals surface area contributed by atoms with Crippen LogP contribution in [0.5, 0.6) is 0 Å². The molecule has 7 heteroatoms. The summed E-state index contributed by atoms with van der Waals surface area (Å²) < 4.78 is 24.4. The number of carbonyl (C=O) groups excluding carboxylic acids is 1. The molecule has 1 N–H and O–H groups in total. The number of carbonyl (C=O) groups is 1. The molecule has 3 rings (SSSR count). The van der Waals surface area contributed by atoms with Crippen molar-refractivity contribution in [2.75, 3.05) is 38.5 Å². The molecule has 26 heavy (non-hydrogen) atoms. The van der Waals surface area contributed by atoms with Crippen molar-refractivity contribution in [3.05, 3.63) is 30.3 Å². The molecular formula is C19H29N3O3S. The Morgan fingerprint density at radius 3 is 2.35 bits per heavy atom. The Morgan fingerprint density at radius 1 is 1.04 bits per heavy atom. The van der Waals surface area contributed by atoms with Gasteiger partial charge in [-0.15, -0.1) is 0 Å². The van der Waals surface area contributed by atoms with Gasteiger partial charge in [-0.2, -0.15) is 0 Å². The zero-order valence-corrected chi connectivity index (χ0v) is 16.1. The van der Waals surface area contributed by atoms with Gasteiger partial charge in [-0.25, -0.2) is 13.2 Å². The van der Waals surface area contributed by atoms with Crippen molar-refractivity contribution in [3.8, 4) is 0 Å². The second kappa shape index (κ2) is 8.86. The molecule has 0 unspecified atom stereocenters. The molecule has 2 amide bonds. The van der Waals surface area contributed by atoms with Gasteiger partial charge in [0.15, 0.2) is 9.84 Å². The number of hydrogen-bond acceptors (Lipinski definition) is 4. The molecule has 0 atom stereocenters. The van der Waals surface area contributed by atoms with Gasteiger partial charge in [-0.1, -0.05) is 31.0 Å². The van der Waals surface area contributed by atoms with E-state index >= 15 is 0 Å².